The minimum Gasteiger partial charge on any atom is -0.399 e. The molecule has 19 heavy (non-hydrogen) atoms. The number of hydrazine groups is 2. The predicted octanol–water partition coefficient (Wildman–Crippen LogP) is 1.25. The number of anilines is 1. The Bertz CT molecular complexity index is 540. The summed E-state index contributed by atoms with van der Waals surface area (Å²) >= 11 is 0. The molecule has 0 bridgehead atoms. The summed E-state index contributed by atoms with van der Waals surface area (Å²) in [5, 5.41) is 5.04. The van der Waals surface area contributed by atoms with Crippen LogP contribution in [0.3, 0.4) is 0 Å². The average molecular weight is 255 g/mol. The van der Waals surface area contributed by atoms with Gasteiger partial charge in [-0.05, 0) is 23.3 Å². The van der Waals surface area contributed by atoms with E-state index in [1.807, 2.05) is 54.6 Å². The zero-order valence-corrected chi connectivity index (χ0v) is 10.5. The quantitative estimate of drug-likeness (QED) is 0.480. The molecule has 0 spiro atoms. The fraction of sp³-hybridized carbons (Fsp3) is 0.143. The highest BCUT2D eigenvalue weighted by atomic mass is 15.8. The van der Waals surface area contributed by atoms with E-state index in [9.17, 15) is 0 Å². The monoisotopic (exact) mass is 255 g/mol. The molecule has 0 saturated carbocycles. The Morgan fingerprint density at radius 2 is 1.58 bits per heavy atom. The molecule has 0 amide bonds. The van der Waals surface area contributed by atoms with Gasteiger partial charge in [0.15, 0.2) is 0 Å². The van der Waals surface area contributed by atoms with Crippen molar-refractivity contribution in [1.29, 1.82) is 0 Å². The lowest BCUT2D eigenvalue weighted by molar-refractivity contribution is 0.179. The molecule has 1 fully saturated rings. The van der Waals surface area contributed by atoms with Crippen molar-refractivity contribution in [2.45, 2.75) is 12.3 Å². The Labute approximate surface area is 112 Å². The fourth-order valence-electron chi connectivity index (χ4n) is 2.25. The van der Waals surface area contributed by atoms with Gasteiger partial charge in [-0.3, -0.25) is 11.2 Å². The first-order valence-corrected chi connectivity index (χ1v) is 6.20. The molecule has 1 aliphatic heterocycles. The van der Waals surface area contributed by atoms with Crippen LogP contribution < -0.4 is 22.3 Å². The van der Waals surface area contributed by atoms with Crippen LogP contribution in [-0.2, 0) is 0 Å². The molecule has 1 heterocycles. The van der Waals surface area contributed by atoms with E-state index in [1.54, 1.807) is 5.12 Å². The molecule has 1 aliphatic rings. The van der Waals surface area contributed by atoms with Gasteiger partial charge in [0.05, 0.1) is 6.17 Å². The minimum atomic E-state index is -0.0521. The molecule has 2 unspecified atom stereocenters. The number of hydrogen-bond donors (Lipinski definition) is 4. The Balaban J connectivity index is 1.80. The average Bonchev–Trinajstić information content (AvgIpc) is 2.83. The molecule has 5 heteroatoms. The maximum atomic E-state index is 6.00. The maximum Gasteiger partial charge on any atom is 0.116 e. The lowest BCUT2D eigenvalue weighted by Crippen LogP contribution is -2.40. The molecule has 2 aromatic carbocycles. The van der Waals surface area contributed by atoms with Crippen molar-refractivity contribution in [3.05, 3.63) is 65.7 Å². The summed E-state index contributed by atoms with van der Waals surface area (Å²) in [6.07, 6.45) is -0.0699. The van der Waals surface area contributed by atoms with Crippen molar-refractivity contribution >= 4 is 5.69 Å². The normalized spacial score (nSPS) is 23.6. The van der Waals surface area contributed by atoms with Crippen molar-refractivity contribution in [3.8, 4) is 0 Å². The van der Waals surface area contributed by atoms with Gasteiger partial charge in [0.25, 0.3) is 0 Å². The Kier molecular flexibility index (Phi) is 3.18. The van der Waals surface area contributed by atoms with Crippen LogP contribution in [0.4, 0.5) is 5.69 Å². The second kappa shape index (κ2) is 4.99. The van der Waals surface area contributed by atoms with E-state index in [-0.39, 0.29) is 12.3 Å². The SMILES string of the molecule is Nc1ccc(C2NC(c3ccccc3)N(N)N2)cc1. The zero-order chi connectivity index (χ0) is 13.2. The molecule has 1 saturated heterocycles. The molecule has 98 valence electrons. The second-order valence-corrected chi connectivity index (χ2v) is 4.62. The molecule has 2 aromatic rings. The van der Waals surface area contributed by atoms with Crippen molar-refractivity contribution in [2.75, 3.05) is 5.73 Å². The summed E-state index contributed by atoms with van der Waals surface area (Å²) < 4.78 is 0. The van der Waals surface area contributed by atoms with Gasteiger partial charge in [0, 0.05) is 5.69 Å². The fourth-order valence-corrected chi connectivity index (χ4v) is 2.25. The van der Waals surface area contributed by atoms with Gasteiger partial charge in [-0.1, -0.05) is 42.5 Å². The summed E-state index contributed by atoms with van der Waals surface area (Å²) in [6.45, 7) is 0. The summed E-state index contributed by atoms with van der Waals surface area (Å²) in [5.74, 6) is 6.00. The van der Waals surface area contributed by atoms with Gasteiger partial charge < -0.3 is 5.73 Å². The van der Waals surface area contributed by atoms with E-state index in [1.165, 1.54) is 0 Å². The molecule has 6 N–H and O–H groups in total. The Morgan fingerprint density at radius 3 is 2.26 bits per heavy atom. The molecule has 0 aliphatic carbocycles. The van der Waals surface area contributed by atoms with Crippen molar-refractivity contribution in [1.82, 2.24) is 15.9 Å². The first kappa shape index (κ1) is 12.1. The topological polar surface area (TPSA) is 79.3 Å². The second-order valence-electron chi connectivity index (χ2n) is 4.62. The molecular formula is C14H17N5. The van der Waals surface area contributed by atoms with Crippen LogP contribution in [0, 0.1) is 0 Å². The summed E-state index contributed by atoms with van der Waals surface area (Å²) in [7, 11) is 0. The van der Waals surface area contributed by atoms with Crippen LogP contribution in [0.15, 0.2) is 54.6 Å². The summed E-state index contributed by atoms with van der Waals surface area (Å²) in [5.41, 5.74) is 11.9. The number of nitrogens with zero attached hydrogens (tertiary/aromatic N) is 1. The summed E-state index contributed by atoms with van der Waals surface area (Å²) in [4.78, 5) is 0. The summed E-state index contributed by atoms with van der Waals surface area (Å²) in [6, 6.07) is 17.8. The predicted molar refractivity (Wildman–Crippen MR) is 75.1 cm³/mol. The Hall–Kier alpha value is -1.92. The molecule has 5 nitrogen and oxygen atoms in total. The van der Waals surface area contributed by atoms with Crippen molar-refractivity contribution in [2.24, 2.45) is 5.84 Å². The number of nitrogens with two attached hydrogens (primary N) is 2. The number of rotatable bonds is 2. The minimum absolute atomic E-state index is 0.0178. The first-order valence-electron chi connectivity index (χ1n) is 6.20. The van der Waals surface area contributed by atoms with E-state index in [0.29, 0.717) is 0 Å². The smallest absolute Gasteiger partial charge is 0.116 e. The number of benzene rings is 2. The maximum absolute atomic E-state index is 6.00. The lowest BCUT2D eigenvalue weighted by atomic mass is 10.1. The van der Waals surface area contributed by atoms with E-state index >= 15 is 0 Å². The van der Waals surface area contributed by atoms with Gasteiger partial charge in [-0.2, -0.15) is 5.12 Å². The van der Waals surface area contributed by atoms with Gasteiger partial charge >= 0.3 is 0 Å². The highest BCUT2D eigenvalue weighted by Gasteiger charge is 2.30. The van der Waals surface area contributed by atoms with E-state index in [0.717, 1.165) is 16.8 Å². The van der Waals surface area contributed by atoms with Crippen LogP contribution in [0.5, 0.6) is 0 Å². The largest absolute Gasteiger partial charge is 0.399 e. The third-order valence-corrected chi connectivity index (χ3v) is 3.27. The number of nitrogen functional groups attached to an aromatic ring is 1. The first-order chi connectivity index (χ1) is 9.24. The zero-order valence-electron chi connectivity index (χ0n) is 10.5. The highest BCUT2D eigenvalue weighted by molar-refractivity contribution is 5.40. The standard InChI is InChI=1S/C14H17N5/c15-12-8-6-10(7-9-12)13-17-14(19(16)18-13)11-4-2-1-3-5-11/h1-9,13-14,17-18H,15-16H2. The van der Waals surface area contributed by atoms with E-state index in [2.05, 4.69) is 10.7 Å². The third-order valence-electron chi connectivity index (χ3n) is 3.27. The molecule has 2 atom stereocenters. The van der Waals surface area contributed by atoms with E-state index < -0.39 is 0 Å². The van der Waals surface area contributed by atoms with Crippen LogP contribution in [-0.4, -0.2) is 5.12 Å². The van der Waals surface area contributed by atoms with Gasteiger partial charge in [-0.15, -0.1) is 0 Å². The molecule has 0 aromatic heterocycles. The van der Waals surface area contributed by atoms with Crippen molar-refractivity contribution < 1.29 is 0 Å². The highest BCUT2D eigenvalue weighted by Crippen LogP contribution is 2.25. The Morgan fingerprint density at radius 1 is 0.895 bits per heavy atom. The number of nitrogens with one attached hydrogen (secondary N) is 2. The van der Waals surface area contributed by atoms with Gasteiger partial charge in [-0.25, -0.2) is 5.43 Å². The van der Waals surface area contributed by atoms with Crippen LogP contribution in [0.25, 0.3) is 0 Å². The molecule has 3 rings (SSSR count). The van der Waals surface area contributed by atoms with Crippen LogP contribution in [0.1, 0.15) is 23.5 Å². The molecular weight excluding hydrogens is 238 g/mol. The van der Waals surface area contributed by atoms with E-state index in [4.69, 9.17) is 11.6 Å². The van der Waals surface area contributed by atoms with Crippen LogP contribution in [0.2, 0.25) is 0 Å². The lowest BCUT2D eigenvalue weighted by Gasteiger charge is -2.17. The van der Waals surface area contributed by atoms with Crippen LogP contribution >= 0.6 is 0 Å². The molecule has 0 radical (unpaired) electrons. The van der Waals surface area contributed by atoms with Crippen molar-refractivity contribution in [3.63, 3.8) is 0 Å². The van der Waals surface area contributed by atoms with Gasteiger partial charge in [0.2, 0.25) is 0 Å². The van der Waals surface area contributed by atoms with Gasteiger partial charge in [0.1, 0.15) is 6.17 Å². The number of hydrogen-bond acceptors (Lipinski definition) is 5. The third kappa shape index (κ3) is 2.45.